The van der Waals surface area contributed by atoms with E-state index in [1.165, 1.54) is 4.90 Å². The third kappa shape index (κ3) is 2.62. The summed E-state index contributed by atoms with van der Waals surface area (Å²) in [5.74, 6) is -0.885. The molecule has 1 aromatic rings. The van der Waals surface area contributed by atoms with Crippen LogP contribution in [0.3, 0.4) is 0 Å². The van der Waals surface area contributed by atoms with E-state index in [2.05, 4.69) is 6.58 Å². The first-order valence-corrected chi connectivity index (χ1v) is 6.62. The van der Waals surface area contributed by atoms with Crippen molar-refractivity contribution < 1.29 is 9.59 Å². The van der Waals surface area contributed by atoms with E-state index < -0.39 is 11.7 Å². The third-order valence-corrected chi connectivity index (χ3v) is 3.13. The summed E-state index contributed by atoms with van der Waals surface area (Å²) in [6.07, 6.45) is 8.34. The summed E-state index contributed by atoms with van der Waals surface area (Å²) in [6.45, 7) is 6.08. The summed E-state index contributed by atoms with van der Waals surface area (Å²) in [5, 5.41) is 0. The molecule has 0 aromatic heterocycles. The van der Waals surface area contributed by atoms with Crippen molar-refractivity contribution in [1.29, 1.82) is 0 Å². The number of anilines is 1. The van der Waals surface area contributed by atoms with Gasteiger partial charge in [0.05, 0.1) is 17.8 Å². The van der Waals surface area contributed by atoms with Crippen LogP contribution in [0.2, 0.25) is 0 Å². The standard InChI is InChI=1S/C17H17NO2/c1-3-5-9-13(8-4-2)12-18-15-11-7-6-10-14(15)16(19)17(18)20/h3,5-11H,1,4,12H2,2H3/b9-5-,13-8+. The maximum Gasteiger partial charge on any atom is 0.299 e. The lowest BCUT2D eigenvalue weighted by atomic mass is 10.1. The minimum Gasteiger partial charge on any atom is -0.300 e. The van der Waals surface area contributed by atoms with Gasteiger partial charge in [-0.2, -0.15) is 0 Å². The average Bonchev–Trinajstić information content (AvgIpc) is 2.70. The van der Waals surface area contributed by atoms with Crippen LogP contribution in [-0.2, 0) is 4.79 Å². The molecule has 0 saturated heterocycles. The predicted octanol–water partition coefficient (Wildman–Crippen LogP) is 3.29. The van der Waals surface area contributed by atoms with E-state index in [1.54, 1.807) is 24.3 Å². The van der Waals surface area contributed by atoms with Crippen molar-refractivity contribution in [2.45, 2.75) is 13.3 Å². The summed E-state index contributed by atoms with van der Waals surface area (Å²) >= 11 is 0. The Morgan fingerprint density at radius 3 is 2.75 bits per heavy atom. The van der Waals surface area contributed by atoms with Crippen LogP contribution >= 0.6 is 0 Å². The van der Waals surface area contributed by atoms with Gasteiger partial charge in [0.15, 0.2) is 0 Å². The van der Waals surface area contributed by atoms with Gasteiger partial charge in [-0.15, -0.1) is 0 Å². The third-order valence-electron chi connectivity index (χ3n) is 3.13. The molecule has 3 heteroatoms. The molecule has 0 spiro atoms. The topological polar surface area (TPSA) is 37.4 Å². The molecule has 1 aromatic carbocycles. The van der Waals surface area contributed by atoms with Crippen molar-refractivity contribution in [2.24, 2.45) is 0 Å². The second kappa shape index (κ2) is 6.15. The zero-order chi connectivity index (χ0) is 14.5. The minimum absolute atomic E-state index is 0.403. The number of carbonyl (C=O) groups is 2. The molecule has 1 aliphatic heterocycles. The summed E-state index contributed by atoms with van der Waals surface area (Å²) < 4.78 is 0. The quantitative estimate of drug-likeness (QED) is 0.606. The first-order chi connectivity index (χ1) is 9.69. The summed E-state index contributed by atoms with van der Waals surface area (Å²) in [7, 11) is 0. The molecule has 0 unspecified atom stereocenters. The Balaban J connectivity index is 2.31. The van der Waals surface area contributed by atoms with E-state index in [0.717, 1.165) is 12.0 Å². The maximum atomic E-state index is 12.1. The van der Waals surface area contributed by atoms with E-state index in [9.17, 15) is 9.59 Å². The highest BCUT2D eigenvalue weighted by Crippen LogP contribution is 2.29. The minimum atomic E-state index is -0.458. The highest BCUT2D eigenvalue weighted by atomic mass is 16.2. The Hall–Kier alpha value is -2.42. The number of nitrogens with zero attached hydrogens (tertiary/aromatic N) is 1. The van der Waals surface area contributed by atoms with Crippen molar-refractivity contribution in [3.8, 4) is 0 Å². The number of ketones is 1. The fourth-order valence-electron chi connectivity index (χ4n) is 2.23. The number of allylic oxidation sites excluding steroid dienone is 3. The van der Waals surface area contributed by atoms with Gasteiger partial charge in [0.2, 0.25) is 0 Å². The van der Waals surface area contributed by atoms with Gasteiger partial charge in [-0.3, -0.25) is 9.59 Å². The van der Waals surface area contributed by atoms with Crippen LogP contribution in [-0.4, -0.2) is 18.2 Å². The second-order valence-electron chi connectivity index (χ2n) is 4.52. The number of rotatable bonds is 5. The van der Waals surface area contributed by atoms with Crippen molar-refractivity contribution in [3.05, 3.63) is 66.3 Å². The molecule has 0 radical (unpaired) electrons. The van der Waals surface area contributed by atoms with Crippen LogP contribution in [0.4, 0.5) is 5.69 Å². The zero-order valence-electron chi connectivity index (χ0n) is 11.5. The molecular weight excluding hydrogens is 250 g/mol. The van der Waals surface area contributed by atoms with Crippen LogP contribution < -0.4 is 4.90 Å². The van der Waals surface area contributed by atoms with Crippen molar-refractivity contribution in [3.63, 3.8) is 0 Å². The largest absolute Gasteiger partial charge is 0.300 e. The average molecular weight is 267 g/mol. The Kier molecular flexibility index (Phi) is 4.31. The monoisotopic (exact) mass is 267 g/mol. The molecule has 0 atom stereocenters. The number of hydrogen-bond donors (Lipinski definition) is 0. The molecule has 1 amide bonds. The number of para-hydroxylation sites is 1. The fraction of sp³-hybridized carbons (Fsp3) is 0.176. The van der Waals surface area contributed by atoms with E-state index in [0.29, 0.717) is 17.8 Å². The van der Waals surface area contributed by atoms with Gasteiger partial charge in [0, 0.05) is 0 Å². The molecule has 20 heavy (non-hydrogen) atoms. The number of fused-ring (bicyclic) bond motifs is 1. The molecule has 1 aliphatic rings. The Morgan fingerprint density at radius 2 is 2.05 bits per heavy atom. The number of hydrogen-bond acceptors (Lipinski definition) is 2. The fourth-order valence-corrected chi connectivity index (χ4v) is 2.23. The van der Waals surface area contributed by atoms with Gasteiger partial charge in [0.25, 0.3) is 11.7 Å². The van der Waals surface area contributed by atoms with E-state index in [-0.39, 0.29) is 0 Å². The molecule has 0 bridgehead atoms. The highest BCUT2D eigenvalue weighted by Gasteiger charge is 2.35. The van der Waals surface area contributed by atoms with E-state index in [1.807, 2.05) is 31.2 Å². The molecule has 2 rings (SSSR count). The smallest absolute Gasteiger partial charge is 0.299 e. The highest BCUT2D eigenvalue weighted by molar-refractivity contribution is 6.52. The van der Waals surface area contributed by atoms with E-state index >= 15 is 0 Å². The van der Waals surface area contributed by atoms with Crippen LogP contribution in [0.1, 0.15) is 23.7 Å². The Bertz CT molecular complexity index is 611. The molecule has 102 valence electrons. The van der Waals surface area contributed by atoms with Crippen molar-refractivity contribution in [1.82, 2.24) is 0 Å². The predicted molar refractivity (Wildman–Crippen MR) is 80.8 cm³/mol. The SMILES string of the molecule is C=C/C=C\C(=C/CC)CN1C(=O)C(=O)c2ccccc21. The van der Waals surface area contributed by atoms with Gasteiger partial charge < -0.3 is 4.90 Å². The van der Waals surface area contributed by atoms with Gasteiger partial charge >= 0.3 is 0 Å². The lowest BCUT2D eigenvalue weighted by Gasteiger charge is -2.17. The van der Waals surface area contributed by atoms with Crippen LogP contribution in [0, 0.1) is 0 Å². The molecule has 3 nitrogen and oxygen atoms in total. The lowest BCUT2D eigenvalue weighted by molar-refractivity contribution is -0.114. The van der Waals surface area contributed by atoms with Crippen molar-refractivity contribution in [2.75, 3.05) is 11.4 Å². The van der Waals surface area contributed by atoms with Crippen molar-refractivity contribution >= 4 is 17.4 Å². The molecule has 0 saturated carbocycles. The van der Waals surface area contributed by atoms with Gasteiger partial charge in [-0.1, -0.05) is 49.9 Å². The van der Waals surface area contributed by atoms with Crippen LogP contribution in [0.5, 0.6) is 0 Å². The molecule has 0 aliphatic carbocycles. The summed E-state index contributed by atoms with van der Waals surface area (Å²) in [5.41, 5.74) is 2.17. The second-order valence-corrected chi connectivity index (χ2v) is 4.52. The van der Waals surface area contributed by atoms with Gasteiger partial charge in [-0.05, 0) is 24.1 Å². The molecular formula is C17H17NO2. The zero-order valence-corrected chi connectivity index (χ0v) is 11.5. The Labute approximate surface area is 118 Å². The number of carbonyl (C=O) groups excluding carboxylic acids is 2. The summed E-state index contributed by atoms with van der Waals surface area (Å²) in [6, 6.07) is 7.10. The molecule has 0 N–H and O–H groups in total. The van der Waals surface area contributed by atoms with Gasteiger partial charge in [0.1, 0.15) is 0 Å². The first kappa shape index (κ1) is 14.0. The van der Waals surface area contributed by atoms with Gasteiger partial charge in [-0.25, -0.2) is 0 Å². The summed E-state index contributed by atoms with van der Waals surface area (Å²) in [4.78, 5) is 25.5. The normalized spacial score (nSPS) is 15.1. The van der Waals surface area contributed by atoms with Crippen LogP contribution in [0.25, 0.3) is 0 Å². The van der Waals surface area contributed by atoms with E-state index in [4.69, 9.17) is 0 Å². The maximum absolute atomic E-state index is 12.1. The van der Waals surface area contributed by atoms with Crippen LogP contribution in [0.15, 0.2) is 60.7 Å². The Morgan fingerprint density at radius 1 is 1.30 bits per heavy atom. The number of benzene rings is 1. The lowest BCUT2D eigenvalue weighted by Crippen LogP contribution is -2.31. The molecule has 0 fully saturated rings. The number of amides is 1. The first-order valence-electron chi connectivity index (χ1n) is 6.62. The molecule has 1 heterocycles. The number of Topliss-reactive ketones (excluding diaryl/α,β-unsaturated/α-hetero) is 1.